The van der Waals surface area contributed by atoms with Crippen LogP contribution in [0.1, 0.15) is 57.8 Å². The van der Waals surface area contributed by atoms with E-state index in [1.165, 1.54) is 58.0 Å². The number of hydrogen-bond donors (Lipinski definition) is 0. The fourth-order valence-corrected chi connectivity index (χ4v) is 3.96. The minimum Gasteiger partial charge on any atom is -0.299 e. The molecule has 2 saturated carbocycles. The predicted molar refractivity (Wildman–Crippen MR) is 68.9 cm³/mol. The highest BCUT2D eigenvalue weighted by molar-refractivity contribution is 5.83. The average molecular weight is 235 g/mol. The molecule has 0 spiro atoms. The van der Waals surface area contributed by atoms with Crippen molar-refractivity contribution in [2.45, 2.75) is 63.8 Å². The highest BCUT2D eigenvalue weighted by atomic mass is 16.1. The molecule has 0 amide bonds. The Morgan fingerprint density at radius 1 is 1.00 bits per heavy atom. The monoisotopic (exact) mass is 235 g/mol. The molecule has 3 aliphatic rings. The minimum absolute atomic E-state index is 0.398. The number of carbonyl (C=O) groups is 1. The molecule has 3 rings (SSSR count). The Bertz CT molecular complexity index is 285. The Balaban J connectivity index is 1.63. The minimum atomic E-state index is 0.398. The van der Waals surface area contributed by atoms with Crippen LogP contribution in [0.3, 0.4) is 0 Å². The first-order valence-corrected chi connectivity index (χ1v) is 7.61. The van der Waals surface area contributed by atoms with E-state index in [1.807, 2.05) is 0 Å². The predicted octanol–water partition coefficient (Wildman–Crippen LogP) is 3.01. The number of Topliss-reactive ketones (excluding diaryl/α,β-unsaturated/α-hetero) is 1. The highest BCUT2D eigenvalue weighted by Gasteiger charge is 2.37. The molecule has 0 N–H and O–H groups in total. The number of rotatable bonds is 3. The lowest BCUT2D eigenvalue weighted by molar-refractivity contribution is -0.123. The molecular weight excluding hydrogens is 210 g/mol. The van der Waals surface area contributed by atoms with Gasteiger partial charge in [-0.15, -0.1) is 0 Å². The second-order valence-corrected chi connectivity index (χ2v) is 6.32. The van der Waals surface area contributed by atoms with E-state index in [2.05, 4.69) is 4.90 Å². The van der Waals surface area contributed by atoms with Gasteiger partial charge >= 0.3 is 0 Å². The molecule has 2 unspecified atom stereocenters. The quantitative estimate of drug-likeness (QED) is 0.749. The topological polar surface area (TPSA) is 20.3 Å². The SMILES string of the molecule is O=C1CCCC1C1CCCCN1CC1CCC1. The van der Waals surface area contributed by atoms with E-state index in [0.29, 0.717) is 17.7 Å². The van der Waals surface area contributed by atoms with E-state index >= 15 is 0 Å². The second kappa shape index (κ2) is 5.09. The number of nitrogens with zero attached hydrogens (tertiary/aromatic N) is 1. The first-order chi connectivity index (χ1) is 8.34. The maximum Gasteiger partial charge on any atom is 0.137 e. The molecule has 2 atom stereocenters. The van der Waals surface area contributed by atoms with E-state index in [1.54, 1.807) is 0 Å². The molecule has 1 aliphatic heterocycles. The number of hydrogen-bond acceptors (Lipinski definition) is 2. The fraction of sp³-hybridized carbons (Fsp3) is 0.933. The summed E-state index contributed by atoms with van der Waals surface area (Å²) in [6, 6.07) is 0.611. The van der Waals surface area contributed by atoms with Crippen LogP contribution in [0.4, 0.5) is 0 Å². The highest BCUT2D eigenvalue weighted by Crippen LogP contribution is 2.35. The van der Waals surface area contributed by atoms with Crippen molar-refractivity contribution in [2.75, 3.05) is 13.1 Å². The van der Waals surface area contributed by atoms with E-state index in [0.717, 1.165) is 18.8 Å². The Hall–Kier alpha value is -0.370. The van der Waals surface area contributed by atoms with Crippen LogP contribution in [0.15, 0.2) is 0 Å². The van der Waals surface area contributed by atoms with Crippen molar-refractivity contribution in [1.29, 1.82) is 0 Å². The van der Waals surface area contributed by atoms with Crippen molar-refractivity contribution in [1.82, 2.24) is 4.90 Å². The maximum atomic E-state index is 12.0. The standard InChI is InChI=1S/C15H25NO/c17-15-9-4-7-13(15)14-8-1-2-10-16(14)11-12-5-3-6-12/h12-14H,1-11H2. The van der Waals surface area contributed by atoms with Gasteiger partial charge in [-0.25, -0.2) is 0 Å². The molecule has 0 aromatic heterocycles. The molecule has 96 valence electrons. The summed E-state index contributed by atoms with van der Waals surface area (Å²) >= 11 is 0. The summed E-state index contributed by atoms with van der Waals surface area (Å²) in [5, 5.41) is 0. The molecule has 0 aromatic carbocycles. The molecule has 2 heteroatoms. The zero-order valence-electron chi connectivity index (χ0n) is 10.9. The van der Waals surface area contributed by atoms with E-state index in [4.69, 9.17) is 0 Å². The normalized spacial score (nSPS) is 36.1. The molecular formula is C15H25NO. The van der Waals surface area contributed by atoms with Crippen LogP contribution in [-0.2, 0) is 4.79 Å². The molecule has 0 bridgehead atoms. The second-order valence-electron chi connectivity index (χ2n) is 6.32. The van der Waals surface area contributed by atoms with Gasteiger partial charge in [-0.05, 0) is 51.0 Å². The Kier molecular flexibility index (Phi) is 3.51. The van der Waals surface area contributed by atoms with E-state index in [-0.39, 0.29) is 0 Å². The smallest absolute Gasteiger partial charge is 0.137 e. The van der Waals surface area contributed by atoms with Crippen LogP contribution in [-0.4, -0.2) is 29.8 Å². The van der Waals surface area contributed by atoms with Crippen LogP contribution in [0.5, 0.6) is 0 Å². The van der Waals surface area contributed by atoms with Crippen LogP contribution in [0.25, 0.3) is 0 Å². The molecule has 1 heterocycles. The summed E-state index contributed by atoms with van der Waals surface area (Å²) in [5.74, 6) is 1.91. The molecule has 3 fully saturated rings. The molecule has 2 aliphatic carbocycles. The largest absolute Gasteiger partial charge is 0.299 e. The zero-order chi connectivity index (χ0) is 11.7. The number of ketones is 1. The van der Waals surface area contributed by atoms with Crippen LogP contribution in [0, 0.1) is 11.8 Å². The number of piperidine rings is 1. The first kappa shape index (κ1) is 11.7. The Labute approximate surface area is 105 Å². The first-order valence-electron chi connectivity index (χ1n) is 7.61. The van der Waals surface area contributed by atoms with Crippen LogP contribution in [0.2, 0.25) is 0 Å². The fourth-order valence-electron chi connectivity index (χ4n) is 3.96. The summed E-state index contributed by atoms with van der Waals surface area (Å²) < 4.78 is 0. The lowest BCUT2D eigenvalue weighted by Gasteiger charge is -2.42. The average Bonchev–Trinajstić information content (AvgIpc) is 2.70. The van der Waals surface area contributed by atoms with Gasteiger partial charge in [0.1, 0.15) is 5.78 Å². The molecule has 17 heavy (non-hydrogen) atoms. The van der Waals surface area contributed by atoms with Crippen molar-refractivity contribution in [3.8, 4) is 0 Å². The molecule has 2 nitrogen and oxygen atoms in total. The van der Waals surface area contributed by atoms with Gasteiger partial charge in [-0.3, -0.25) is 9.69 Å². The van der Waals surface area contributed by atoms with Gasteiger partial charge in [0.25, 0.3) is 0 Å². The molecule has 1 saturated heterocycles. The lowest BCUT2D eigenvalue weighted by atomic mass is 9.82. The maximum absolute atomic E-state index is 12.0. The Morgan fingerprint density at radius 3 is 2.53 bits per heavy atom. The van der Waals surface area contributed by atoms with Crippen molar-refractivity contribution in [3.63, 3.8) is 0 Å². The van der Waals surface area contributed by atoms with Gasteiger partial charge in [0.15, 0.2) is 0 Å². The van der Waals surface area contributed by atoms with Gasteiger partial charge in [-0.1, -0.05) is 12.8 Å². The third-order valence-corrected chi connectivity index (χ3v) is 5.20. The summed E-state index contributed by atoms with van der Waals surface area (Å²) in [5.41, 5.74) is 0. The number of likely N-dealkylation sites (tertiary alicyclic amines) is 1. The van der Waals surface area contributed by atoms with Gasteiger partial charge in [0.2, 0.25) is 0 Å². The van der Waals surface area contributed by atoms with Crippen molar-refractivity contribution in [2.24, 2.45) is 11.8 Å². The zero-order valence-corrected chi connectivity index (χ0v) is 10.9. The summed E-state index contributed by atoms with van der Waals surface area (Å²) in [6.45, 7) is 2.54. The van der Waals surface area contributed by atoms with Gasteiger partial charge < -0.3 is 0 Å². The van der Waals surface area contributed by atoms with Crippen LogP contribution < -0.4 is 0 Å². The molecule has 0 radical (unpaired) electrons. The third kappa shape index (κ3) is 2.42. The van der Waals surface area contributed by atoms with Gasteiger partial charge in [0, 0.05) is 24.9 Å². The number of carbonyl (C=O) groups excluding carboxylic acids is 1. The van der Waals surface area contributed by atoms with Crippen molar-refractivity contribution >= 4 is 5.78 Å². The Morgan fingerprint density at radius 2 is 1.88 bits per heavy atom. The summed E-state index contributed by atoms with van der Waals surface area (Å²) in [6.07, 6.45) is 11.5. The van der Waals surface area contributed by atoms with E-state index < -0.39 is 0 Å². The molecule has 0 aromatic rings. The summed E-state index contributed by atoms with van der Waals surface area (Å²) in [7, 11) is 0. The van der Waals surface area contributed by atoms with Crippen LogP contribution >= 0.6 is 0 Å². The van der Waals surface area contributed by atoms with Crippen molar-refractivity contribution in [3.05, 3.63) is 0 Å². The van der Waals surface area contributed by atoms with Gasteiger partial charge in [-0.2, -0.15) is 0 Å². The van der Waals surface area contributed by atoms with E-state index in [9.17, 15) is 4.79 Å². The van der Waals surface area contributed by atoms with Crippen molar-refractivity contribution < 1.29 is 4.79 Å². The van der Waals surface area contributed by atoms with Gasteiger partial charge in [0.05, 0.1) is 0 Å². The summed E-state index contributed by atoms with van der Waals surface area (Å²) in [4.78, 5) is 14.6. The lowest BCUT2D eigenvalue weighted by Crippen LogP contribution is -2.48. The third-order valence-electron chi connectivity index (χ3n) is 5.20.